The van der Waals surface area contributed by atoms with Crippen LogP contribution >= 0.6 is 0 Å². The average Bonchev–Trinajstić information content (AvgIpc) is 2.32. The van der Waals surface area contributed by atoms with Crippen LogP contribution in [0.3, 0.4) is 0 Å². The van der Waals surface area contributed by atoms with Crippen molar-refractivity contribution in [3.8, 4) is 0 Å². The fourth-order valence-corrected chi connectivity index (χ4v) is 0. The smallest absolute Gasteiger partial charge is 0.0590 e. The molecule has 0 bridgehead atoms. The van der Waals surface area contributed by atoms with E-state index in [1.807, 2.05) is 69.2 Å². The van der Waals surface area contributed by atoms with Crippen LogP contribution in [0.15, 0.2) is 0 Å². The molecule has 0 fully saturated rings. The molecule has 0 saturated carbocycles. The second-order valence-electron chi connectivity index (χ2n) is 0.707. The van der Waals surface area contributed by atoms with Crippen LogP contribution in [0.4, 0.5) is 0 Å². The van der Waals surface area contributed by atoms with E-state index < -0.39 is 0 Å². The third kappa shape index (κ3) is 0. The van der Waals surface area contributed by atoms with E-state index in [4.69, 9.17) is 0 Å². The topological polar surface area (TPSA) is 0 Å². The lowest BCUT2D eigenvalue weighted by molar-refractivity contribution is 1.09. The molecular formula is C15H46. The molecule has 0 N–H and O–H groups in total. The Kier molecular flexibility index (Phi) is 9460. The van der Waals surface area contributed by atoms with Gasteiger partial charge < -0.3 is 0 Å². The minimum atomic E-state index is 0. The van der Waals surface area contributed by atoms with Gasteiger partial charge in [0.05, 0.1) is 0 Å². The Balaban J connectivity index is -0.00000000643. The first-order valence-corrected chi connectivity index (χ1v) is 6.41. The van der Waals surface area contributed by atoms with Gasteiger partial charge in [-0.2, -0.15) is 0 Å². The Morgan fingerprint density at radius 3 is 0.400 bits per heavy atom. The van der Waals surface area contributed by atoms with Gasteiger partial charge in [-0.3, -0.25) is 0 Å². The molecule has 0 heteroatoms. The summed E-state index contributed by atoms with van der Waals surface area (Å²) in [6.07, 6.45) is 1.25. The normalized spacial score (nSPS) is 3.20. The summed E-state index contributed by atoms with van der Waals surface area (Å²) >= 11 is 0. The molecule has 0 aliphatic heterocycles. The number of hydrogen-bond donors (Lipinski definition) is 0. The number of hydrogen-bond acceptors (Lipinski definition) is 0. The van der Waals surface area contributed by atoms with E-state index in [1.165, 1.54) is 6.42 Å². The van der Waals surface area contributed by atoms with Gasteiger partial charge in [0.15, 0.2) is 0 Å². The van der Waals surface area contributed by atoms with Gasteiger partial charge in [-0.05, 0) is 0 Å². The Labute approximate surface area is 105 Å². The molecule has 0 radical (unpaired) electrons. The Morgan fingerprint density at radius 1 is 0.400 bits per heavy atom. The predicted octanol–water partition coefficient (Wildman–Crippen LogP) is 7.82. The highest BCUT2D eigenvalue weighted by Gasteiger charge is 1.35. The molecule has 0 aliphatic carbocycles. The molecule has 0 spiro atoms. The van der Waals surface area contributed by atoms with Gasteiger partial charge in [0, 0.05) is 0 Å². The zero-order valence-electron chi connectivity index (χ0n) is 12.7. The van der Waals surface area contributed by atoms with Crippen molar-refractivity contribution in [1.82, 2.24) is 0 Å². The van der Waals surface area contributed by atoms with E-state index >= 15 is 0 Å². The fraction of sp³-hybridized carbons (Fsp3) is 1.00. The van der Waals surface area contributed by atoms with Crippen LogP contribution in [0.5, 0.6) is 0 Å². The van der Waals surface area contributed by atoms with Crippen molar-refractivity contribution in [3.05, 3.63) is 0 Å². The largest absolute Gasteiger partial charge is 0.0776 e. The predicted molar refractivity (Wildman–Crippen MR) is 86.2 cm³/mol. The van der Waals surface area contributed by atoms with E-state index in [9.17, 15) is 0 Å². The van der Waals surface area contributed by atoms with Crippen molar-refractivity contribution in [2.45, 2.75) is 104 Å². The maximum atomic E-state index is 2.12. The van der Waals surface area contributed by atoms with Crippen LogP contribution in [0.2, 0.25) is 0 Å². The van der Waals surface area contributed by atoms with Gasteiger partial charge in [0.25, 0.3) is 0 Å². The van der Waals surface area contributed by atoms with Crippen molar-refractivity contribution < 1.29 is 0 Å². The second kappa shape index (κ2) is 2370. The minimum Gasteiger partial charge on any atom is -0.0776 e. The lowest BCUT2D eigenvalue weighted by Crippen LogP contribution is -1.27. The van der Waals surface area contributed by atoms with Gasteiger partial charge in [0.1, 0.15) is 0 Å². The van der Waals surface area contributed by atoms with Crippen LogP contribution in [-0.2, 0) is 0 Å². The summed E-state index contributed by atoms with van der Waals surface area (Å²) in [6, 6.07) is 0. The van der Waals surface area contributed by atoms with Gasteiger partial charge in [-0.1, -0.05) is 104 Å². The van der Waals surface area contributed by atoms with Crippen LogP contribution in [0.25, 0.3) is 0 Å². The Bertz CT molecular complexity index is 0. The third-order valence-electron chi connectivity index (χ3n) is 0. The first-order valence-electron chi connectivity index (χ1n) is 6.41. The molecule has 0 heterocycles. The van der Waals surface area contributed by atoms with Gasteiger partial charge >= 0.3 is 0 Å². The van der Waals surface area contributed by atoms with Crippen molar-refractivity contribution in [2.75, 3.05) is 0 Å². The average molecular weight is 227 g/mol. The molecule has 0 atom stereocenters. The summed E-state index contributed by atoms with van der Waals surface area (Å²) in [7, 11) is 0. The molecule has 0 aromatic carbocycles. The minimum absolute atomic E-state index is 0. The van der Waals surface area contributed by atoms with Crippen LogP contribution in [-0.4, -0.2) is 0 Å². The molecular weight excluding hydrogens is 180 g/mol. The SMILES string of the molecule is C.C.CC.CC.CC.CC.CC.CCC. The highest BCUT2D eigenvalue weighted by molar-refractivity contribution is 3.92. The standard InChI is InChI=1S/C3H8.5C2H6.2CH4/c1-3-2;5*1-2;;/h3H2,1-2H3;5*1-2H3;2*1H4. The molecule has 0 aromatic heterocycles. The quantitative estimate of drug-likeness (QED) is 0.395. The summed E-state index contributed by atoms with van der Waals surface area (Å²) in [4.78, 5) is 0. The summed E-state index contributed by atoms with van der Waals surface area (Å²) < 4.78 is 0. The molecule has 106 valence electrons. The molecule has 0 nitrogen and oxygen atoms in total. The van der Waals surface area contributed by atoms with E-state index in [0.29, 0.717) is 0 Å². The number of rotatable bonds is 0. The van der Waals surface area contributed by atoms with Crippen molar-refractivity contribution in [3.63, 3.8) is 0 Å². The van der Waals surface area contributed by atoms with E-state index in [2.05, 4.69) is 13.8 Å². The monoisotopic (exact) mass is 226 g/mol. The van der Waals surface area contributed by atoms with Crippen LogP contribution in [0.1, 0.15) is 104 Å². The van der Waals surface area contributed by atoms with Gasteiger partial charge in [-0.25, -0.2) is 0 Å². The molecule has 0 amide bonds. The zero-order chi connectivity index (χ0) is 12.7. The lowest BCUT2D eigenvalue weighted by Gasteiger charge is -1.48. The summed E-state index contributed by atoms with van der Waals surface area (Å²) in [5, 5.41) is 0. The van der Waals surface area contributed by atoms with Crippen molar-refractivity contribution in [2.24, 2.45) is 0 Å². The highest BCUT2D eigenvalue weighted by Crippen LogP contribution is 1.56. The van der Waals surface area contributed by atoms with E-state index in [-0.39, 0.29) is 14.9 Å². The summed E-state index contributed by atoms with van der Waals surface area (Å²) in [6.45, 7) is 24.2. The maximum Gasteiger partial charge on any atom is -0.0590 e. The second-order valence-corrected chi connectivity index (χ2v) is 0.707. The van der Waals surface area contributed by atoms with Gasteiger partial charge in [-0.15, -0.1) is 0 Å². The third-order valence-corrected chi connectivity index (χ3v) is 0. The van der Waals surface area contributed by atoms with Crippen LogP contribution < -0.4 is 0 Å². The van der Waals surface area contributed by atoms with Crippen molar-refractivity contribution >= 4 is 0 Å². The van der Waals surface area contributed by atoms with Gasteiger partial charge in [0.2, 0.25) is 0 Å². The first-order chi connectivity index (χ1) is 6.41. The molecule has 0 saturated heterocycles. The molecule has 0 rings (SSSR count). The van der Waals surface area contributed by atoms with E-state index in [1.54, 1.807) is 0 Å². The lowest BCUT2D eigenvalue weighted by atomic mass is 10.6. The van der Waals surface area contributed by atoms with E-state index in [0.717, 1.165) is 0 Å². The molecule has 0 aliphatic rings. The molecule has 0 aromatic rings. The van der Waals surface area contributed by atoms with Crippen molar-refractivity contribution in [1.29, 1.82) is 0 Å². The molecule has 0 unspecified atom stereocenters. The maximum absolute atomic E-state index is 2.12. The summed E-state index contributed by atoms with van der Waals surface area (Å²) in [5.41, 5.74) is 0. The summed E-state index contributed by atoms with van der Waals surface area (Å²) in [5.74, 6) is 0. The first kappa shape index (κ1) is 60.0. The zero-order valence-corrected chi connectivity index (χ0v) is 12.7. The Morgan fingerprint density at radius 2 is 0.400 bits per heavy atom. The van der Waals surface area contributed by atoms with Crippen LogP contribution in [0, 0.1) is 0 Å². The molecule has 15 heavy (non-hydrogen) atoms. The fourth-order valence-electron chi connectivity index (χ4n) is 0. The Hall–Kier alpha value is 0. The highest BCUT2D eigenvalue weighted by atomic mass is 13.4.